The van der Waals surface area contributed by atoms with Gasteiger partial charge >= 0.3 is 0 Å². The number of benzene rings is 2. The number of nitro groups is 1. The van der Waals surface area contributed by atoms with E-state index in [0.29, 0.717) is 30.5 Å². The summed E-state index contributed by atoms with van der Waals surface area (Å²) < 4.78 is 7.60. The van der Waals surface area contributed by atoms with Crippen molar-refractivity contribution in [2.24, 2.45) is 0 Å². The van der Waals surface area contributed by atoms with E-state index in [1.165, 1.54) is 29.2 Å². The van der Waals surface area contributed by atoms with Gasteiger partial charge in [0, 0.05) is 49.6 Å². The number of ketones is 1. The van der Waals surface area contributed by atoms with Gasteiger partial charge in [-0.3, -0.25) is 19.7 Å². The van der Waals surface area contributed by atoms with E-state index in [2.05, 4.69) is 4.98 Å². The molecule has 1 saturated heterocycles. The highest BCUT2D eigenvalue weighted by molar-refractivity contribution is 6.46. The first-order valence-electron chi connectivity index (χ1n) is 11.6. The van der Waals surface area contributed by atoms with Crippen LogP contribution < -0.4 is 4.74 Å². The Bertz CT molecular complexity index is 1360. The van der Waals surface area contributed by atoms with Gasteiger partial charge in [-0.25, -0.2) is 4.98 Å². The third kappa shape index (κ3) is 4.21. The van der Waals surface area contributed by atoms with Crippen molar-refractivity contribution in [3.63, 3.8) is 0 Å². The molecule has 1 N–H and O–H groups in total. The van der Waals surface area contributed by atoms with Gasteiger partial charge in [0.1, 0.15) is 17.6 Å². The molecule has 10 heteroatoms. The Kier molecular flexibility index (Phi) is 6.01. The van der Waals surface area contributed by atoms with Crippen molar-refractivity contribution in [3.8, 4) is 5.75 Å². The van der Waals surface area contributed by atoms with Crippen LogP contribution in [-0.2, 0) is 22.6 Å². The maximum atomic E-state index is 13.2. The summed E-state index contributed by atoms with van der Waals surface area (Å²) in [5.74, 6) is -1.06. The number of carbonyl (C=O) groups excluding carboxylic acids is 2. The topological polar surface area (TPSA) is 128 Å². The normalized spacial score (nSPS) is 20.4. The number of nitro benzene ring substituents is 1. The molecule has 2 aliphatic heterocycles. The van der Waals surface area contributed by atoms with Crippen LogP contribution in [0.5, 0.6) is 5.75 Å². The Morgan fingerprint density at radius 3 is 2.67 bits per heavy atom. The van der Waals surface area contributed by atoms with E-state index >= 15 is 0 Å². The number of aliphatic hydroxyl groups is 1. The lowest BCUT2D eigenvalue weighted by atomic mass is 9.94. The number of imidazole rings is 1. The van der Waals surface area contributed by atoms with Gasteiger partial charge in [0.05, 0.1) is 22.9 Å². The molecule has 184 valence electrons. The molecule has 0 radical (unpaired) electrons. The maximum Gasteiger partial charge on any atom is 0.295 e. The molecule has 2 atom stereocenters. The third-order valence-electron chi connectivity index (χ3n) is 6.50. The molecule has 0 spiro atoms. The molecular formula is C26H24N4O6. The number of ether oxygens (including phenoxy) is 1. The zero-order valence-electron chi connectivity index (χ0n) is 19.5. The van der Waals surface area contributed by atoms with Gasteiger partial charge in [-0.1, -0.05) is 0 Å². The van der Waals surface area contributed by atoms with Crippen LogP contribution in [0, 0.1) is 10.1 Å². The minimum Gasteiger partial charge on any atom is -0.507 e. The Morgan fingerprint density at radius 1 is 1.19 bits per heavy atom. The summed E-state index contributed by atoms with van der Waals surface area (Å²) in [5, 5.41) is 22.4. The Balaban J connectivity index is 1.54. The maximum absolute atomic E-state index is 13.2. The van der Waals surface area contributed by atoms with E-state index in [1.54, 1.807) is 36.9 Å². The molecule has 2 aromatic carbocycles. The lowest BCUT2D eigenvalue weighted by molar-refractivity contribution is -0.384. The van der Waals surface area contributed by atoms with Crippen LogP contribution in [-0.4, -0.2) is 48.8 Å². The van der Waals surface area contributed by atoms with Crippen molar-refractivity contribution in [3.05, 3.63) is 93.6 Å². The summed E-state index contributed by atoms with van der Waals surface area (Å²) in [4.78, 5) is 42.4. The Hall–Kier alpha value is -4.47. The Labute approximate surface area is 206 Å². The quantitative estimate of drug-likeness (QED) is 0.177. The van der Waals surface area contributed by atoms with Crippen LogP contribution in [0.4, 0.5) is 5.69 Å². The van der Waals surface area contributed by atoms with Crippen LogP contribution in [0.2, 0.25) is 0 Å². The molecular weight excluding hydrogens is 464 g/mol. The number of aromatic nitrogens is 2. The van der Waals surface area contributed by atoms with E-state index in [-0.39, 0.29) is 29.7 Å². The number of fused-ring (bicyclic) bond motifs is 1. The summed E-state index contributed by atoms with van der Waals surface area (Å²) >= 11 is 0. The standard InChI is InChI=1S/C26H24N4O6/c1-16-13-19-14-18(5-8-21(19)36-16)24(31)22-23(17-3-6-20(7-4-17)30(34)35)29(26(33)25(22)32)11-2-10-28-12-9-27-15-28/h3-9,12,14-16,23,31H,2,10-11,13H2,1H3/b24-22-. The van der Waals surface area contributed by atoms with Crippen molar-refractivity contribution < 1.29 is 24.4 Å². The summed E-state index contributed by atoms with van der Waals surface area (Å²) in [6, 6.07) is 9.99. The molecule has 0 bridgehead atoms. The molecule has 0 aliphatic carbocycles. The molecule has 2 unspecified atom stereocenters. The monoisotopic (exact) mass is 488 g/mol. The van der Waals surface area contributed by atoms with Crippen molar-refractivity contribution >= 4 is 23.1 Å². The number of rotatable bonds is 7. The number of hydrogen-bond acceptors (Lipinski definition) is 7. The first kappa shape index (κ1) is 23.3. The number of non-ortho nitro benzene ring substituents is 1. The molecule has 1 amide bonds. The van der Waals surface area contributed by atoms with E-state index in [0.717, 1.165) is 11.3 Å². The molecule has 10 nitrogen and oxygen atoms in total. The van der Waals surface area contributed by atoms with Crippen LogP contribution >= 0.6 is 0 Å². The number of hydrogen-bond donors (Lipinski definition) is 1. The zero-order valence-corrected chi connectivity index (χ0v) is 19.5. The minimum absolute atomic E-state index is 0.0126. The molecule has 2 aliphatic rings. The van der Waals surface area contributed by atoms with Crippen molar-refractivity contribution in [1.82, 2.24) is 14.5 Å². The predicted octanol–water partition coefficient (Wildman–Crippen LogP) is 3.63. The van der Waals surface area contributed by atoms with Crippen molar-refractivity contribution in [2.75, 3.05) is 6.54 Å². The zero-order chi connectivity index (χ0) is 25.4. The number of likely N-dealkylation sites (tertiary alicyclic amines) is 1. The lowest BCUT2D eigenvalue weighted by Gasteiger charge is -2.25. The number of aryl methyl sites for hydroxylation is 1. The number of nitrogens with zero attached hydrogens (tertiary/aromatic N) is 4. The van der Waals surface area contributed by atoms with Crippen LogP contribution in [0.15, 0.2) is 66.8 Å². The third-order valence-corrected chi connectivity index (χ3v) is 6.50. The van der Waals surface area contributed by atoms with Crippen LogP contribution in [0.3, 0.4) is 0 Å². The van der Waals surface area contributed by atoms with E-state index in [1.807, 2.05) is 11.5 Å². The number of amides is 1. The molecule has 3 heterocycles. The van der Waals surface area contributed by atoms with Crippen LogP contribution in [0.1, 0.15) is 36.1 Å². The molecule has 3 aromatic rings. The van der Waals surface area contributed by atoms with Crippen LogP contribution in [0.25, 0.3) is 5.76 Å². The molecule has 1 aromatic heterocycles. The number of Topliss-reactive ketones (excluding diaryl/α,β-unsaturated/α-hetero) is 1. The van der Waals surface area contributed by atoms with Gasteiger partial charge in [-0.15, -0.1) is 0 Å². The highest BCUT2D eigenvalue weighted by atomic mass is 16.6. The number of aliphatic hydroxyl groups excluding tert-OH is 1. The molecule has 0 saturated carbocycles. The predicted molar refractivity (Wildman–Crippen MR) is 129 cm³/mol. The summed E-state index contributed by atoms with van der Waals surface area (Å²) in [5.41, 5.74) is 1.68. The summed E-state index contributed by atoms with van der Waals surface area (Å²) in [7, 11) is 0. The first-order valence-corrected chi connectivity index (χ1v) is 11.6. The fourth-order valence-electron chi connectivity index (χ4n) is 4.80. The van der Waals surface area contributed by atoms with Crippen molar-refractivity contribution in [2.45, 2.75) is 38.5 Å². The molecule has 36 heavy (non-hydrogen) atoms. The molecule has 5 rings (SSSR count). The van der Waals surface area contributed by atoms with Gasteiger partial charge in [0.2, 0.25) is 0 Å². The summed E-state index contributed by atoms with van der Waals surface area (Å²) in [6.45, 7) is 2.78. The first-order chi connectivity index (χ1) is 17.3. The average molecular weight is 489 g/mol. The minimum atomic E-state index is -0.878. The fourth-order valence-corrected chi connectivity index (χ4v) is 4.80. The van der Waals surface area contributed by atoms with E-state index < -0.39 is 22.7 Å². The SMILES string of the molecule is CC1Cc2cc(/C(O)=C3/C(=O)C(=O)N(CCCn4ccnc4)C3c3ccc([N+](=O)[O-])cc3)ccc2O1. The summed E-state index contributed by atoms with van der Waals surface area (Å²) in [6.07, 6.45) is 6.36. The average Bonchev–Trinajstić information content (AvgIpc) is 3.57. The second-order valence-corrected chi connectivity index (χ2v) is 8.95. The molecule has 1 fully saturated rings. The van der Waals surface area contributed by atoms with Crippen molar-refractivity contribution in [1.29, 1.82) is 0 Å². The number of carbonyl (C=O) groups is 2. The Morgan fingerprint density at radius 2 is 1.97 bits per heavy atom. The highest BCUT2D eigenvalue weighted by Gasteiger charge is 2.46. The lowest BCUT2D eigenvalue weighted by Crippen LogP contribution is -2.31. The highest BCUT2D eigenvalue weighted by Crippen LogP contribution is 2.41. The van der Waals surface area contributed by atoms with E-state index in [9.17, 15) is 24.8 Å². The van der Waals surface area contributed by atoms with Gasteiger partial charge in [0.15, 0.2) is 0 Å². The fraction of sp³-hybridized carbons (Fsp3) is 0.269. The second-order valence-electron chi connectivity index (χ2n) is 8.95. The second kappa shape index (κ2) is 9.29. The van der Waals surface area contributed by atoms with Gasteiger partial charge in [-0.05, 0) is 54.8 Å². The van der Waals surface area contributed by atoms with Gasteiger partial charge < -0.3 is 19.3 Å². The smallest absolute Gasteiger partial charge is 0.295 e. The van der Waals surface area contributed by atoms with Gasteiger partial charge in [0.25, 0.3) is 17.4 Å². The van der Waals surface area contributed by atoms with Gasteiger partial charge in [-0.2, -0.15) is 0 Å². The largest absolute Gasteiger partial charge is 0.507 e. The van der Waals surface area contributed by atoms with E-state index in [4.69, 9.17) is 4.74 Å².